The van der Waals surface area contributed by atoms with Gasteiger partial charge < -0.3 is 4.74 Å². The zero-order valence-corrected chi connectivity index (χ0v) is 20.2. The second-order valence-corrected chi connectivity index (χ2v) is 9.38. The predicted octanol–water partition coefficient (Wildman–Crippen LogP) is 4.10. The van der Waals surface area contributed by atoms with Crippen LogP contribution in [0.1, 0.15) is 27.9 Å². The molecule has 1 saturated heterocycles. The summed E-state index contributed by atoms with van der Waals surface area (Å²) in [6.45, 7) is 7.95. The molecule has 2 heterocycles. The van der Waals surface area contributed by atoms with E-state index >= 15 is 0 Å². The lowest BCUT2D eigenvalue weighted by atomic mass is 10.1. The van der Waals surface area contributed by atoms with E-state index < -0.39 is 27.1 Å². The molecule has 3 aromatic rings. The summed E-state index contributed by atoms with van der Waals surface area (Å²) in [7, 11) is 0. The minimum atomic E-state index is -0.740. The Kier molecular flexibility index (Phi) is 7.34. The van der Waals surface area contributed by atoms with E-state index in [-0.39, 0.29) is 5.56 Å². The maximum Gasteiger partial charge on any atom is 0.277 e. The maximum absolute atomic E-state index is 13.6. The molecule has 0 atom stereocenters. The first-order chi connectivity index (χ1) is 16.7. The van der Waals surface area contributed by atoms with E-state index in [9.17, 15) is 25.0 Å². The number of amides is 1. The number of anilines is 1. The first-order valence-corrected chi connectivity index (χ1v) is 12.0. The van der Waals surface area contributed by atoms with Crippen molar-refractivity contribution in [2.24, 2.45) is 0 Å². The van der Waals surface area contributed by atoms with E-state index in [1.165, 1.54) is 16.2 Å². The van der Waals surface area contributed by atoms with E-state index in [2.05, 4.69) is 4.90 Å². The monoisotopic (exact) mass is 499 g/mol. The Bertz CT molecular complexity index is 1250. The lowest BCUT2D eigenvalue weighted by Gasteiger charge is -2.27. The Morgan fingerprint density at radius 3 is 2.40 bits per heavy atom. The van der Waals surface area contributed by atoms with Gasteiger partial charge in [-0.1, -0.05) is 17.4 Å². The van der Waals surface area contributed by atoms with Crippen molar-refractivity contribution >= 4 is 44.0 Å². The third-order valence-corrected chi connectivity index (χ3v) is 7.12. The van der Waals surface area contributed by atoms with Crippen molar-refractivity contribution in [3.05, 3.63) is 67.3 Å². The van der Waals surface area contributed by atoms with Crippen LogP contribution >= 0.6 is 11.3 Å². The number of benzene rings is 2. The molecule has 11 nitrogen and oxygen atoms in total. The van der Waals surface area contributed by atoms with Gasteiger partial charge in [0.2, 0.25) is 0 Å². The van der Waals surface area contributed by atoms with Crippen molar-refractivity contribution in [3.63, 3.8) is 0 Å². The number of aryl methyl sites for hydroxylation is 2. The van der Waals surface area contributed by atoms with Crippen molar-refractivity contribution in [2.75, 3.05) is 44.3 Å². The van der Waals surface area contributed by atoms with E-state index in [0.717, 1.165) is 59.2 Å². The van der Waals surface area contributed by atoms with Gasteiger partial charge in [0.15, 0.2) is 5.13 Å². The van der Waals surface area contributed by atoms with Gasteiger partial charge in [-0.2, -0.15) is 0 Å². The number of nitro groups is 2. The van der Waals surface area contributed by atoms with Crippen molar-refractivity contribution in [1.29, 1.82) is 0 Å². The summed E-state index contributed by atoms with van der Waals surface area (Å²) in [6, 6.07) is 6.95. The van der Waals surface area contributed by atoms with Crippen LogP contribution < -0.4 is 4.90 Å². The lowest BCUT2D eigenvalue weighted by molar-refractivity contribution is -0.394. The topological polar surface area (TPSA) is 132 Å². The summed E-state index contributed by atoms with van der Waals surface area (Å²) in [5, 5.41) is 23.2. The Hall–Kier alpha value is -3.48. The van der Waals surface area contributed by atoms with E-state index in [4.69, 9.17) is 9.72 Å². The molecule has 1 amide bonds. The van der Waals surface area contributed by atoms with Crippen LogP contribution in [0.3, 0.4) is 0 Å². The number of carbonyl (C=O) groups excluding carboxylic acids is 1. The van der Waals surface area contributed by atoms with Gasteiger partial charge in [0.25, 0.3) is 17.3 Å². The van der Waals surface area contributed by atoms with Gasteiger partial charge in [-0.15, -0.1) is 0 Å². The fraction of sp³-hybridized carbons (Fsp3) is 0.391. The van der Waals surface area contributed by atoms with Crippen molar-refractivity contribution in [3.8, 4) is 0 Å². The van der Waals surface area contributed by atoms with E-state index in [1.54, 1.807) is 0 Å². The number of aromatic nitrogens is 1. The molecule has 1 aromatic heterocycles. The van der Waals surface area contributed by atoms with Crippen molar-refractivity contribution < 1.29 is 19.4 Å². The third-order valence-electron chi connectivity index (χ3n) is 6.08. The molecule has 2 aromatic carbocycles. The van der Waals surface area contributed by atoms with Crippen LogP contribution in [0, 0.1) is 34.1 Å². The molecule has 1 aliphatic heterocycles. The number of nitro benzene ring substituents is 2. The van der Waals surface area contributed by atoms with Gasteiger partial charge in [-0.05, 0) is 37.5 Å². The summed E-state index contributed by atoms with van der Waals surface area (Å²) in [6.07, 6.45) is 0.636. The van der Waals surface area contributed by atoms with Crippen LogP contribution in [-0.2, 0) is 4.74 Å². The SMILES string of the molecule is Cc1ccc2sc(N(CCCN3CCOCC3)C(=O)c3cc([N+](=O)[O-])cc([N+](=O)[O-])c3)nc2c1C. The van der Waals surface area contributed by atoms with Gasteiger partial charge in [-0.3, -0.25) is 34.8 Å². The smallest absolute Gasteiger partial charge is 0.277 e. The van der Waals surface area contributed by atoms with Crippen LogP contribution in [0.2, 0.25) is 0 Å². The highest BCUT2D eigenvalue weighted by Crippen LogP contribution is 2.33. The van der Waals surface area contributed by atoms with Crippen LogP contribution in [0.4, 0.5) is 16.5 Å². The van der Waals surface area contributed by atoms with Crippen LogP contribution in [0.15, 0.2) is 30.3 Å². The second kappa shape index (κ2) is 10.4. The molecular formula is C23H25N5O6S. The highest BCUT2D eigenvalue weighted by Gasteiger charge is 2.26. The van der Waals surface area contributed by atoms with Gasteiger partial charge >= 0.3 is 0 Å². The molecule has 1 fully saturated rings. The van der Waals surface area contributed by atoms with E-state index in [0.29, 0.717) is 31.3 Å². The summed E-state index contributed by atoms with van der Waals surface area (Å²) >= 11 is 1.35. The fourth-order valence-electron chi connectivity index (χ4n) is 3.98. The van der Waals surface area contributed by atoms with Crippen LogP contribution in [0.25, 0.3) is 10.2 Å². The number of thiazole rings is 1. The molecule has 0 N–H and O–H groups in total. The quantitative estimate of drug-likeness (QED) is 0.334. The number of carbonyl (C=O) groups is 1. The van der Waals surface area contributed by atoms with Gasteiger partial charge in [0.1, 0.15) is 0 Å². The third kappa shape index (κ3) is 5.45. The van der Waals surface area contributed by atoms with Gasteiger partial charge in [0, 0.05) is 38.3 Å². The van der Waals surface area contributed by atoms with Gasteiger partial charge in [0.05, 0.1) is 44.9 Å². The summed E-state index contributed by atoms with van der Waals surface area (Å²) in [5.74, 6) is -0.563. The molecule has 0 saturated carbocycles. The van der Waals surface area contributed by atoms with Crippen molar-refractivity contribution in [2.45, 2.75) is 20.3 Å². The molecule has 184 valence electrons. The number of rotatable bonds is 8. The fourth-order valence-corrected chi connectivity index (χ4v) is 5.03. The molecule has 4 rings (SSSR count). The van der Waals surface area contributed by atoms with Crippen LogP contribution in [-0.4, -0.2) is 65.0 Å². The second-order valence-electron chi connectivity index (χ2n) is 8.37. The molecule has 0 radical (unpaired) electrons. The Balaban J connectivity index is 1.69. The number of hydrogen-bond acceptors (Lipinski definition) is 9. The van der Waals surface area contributed by atoms with Gasteiger partial charge in [-0.25, -0.2) is 4.98 Å². The number of hydrogen-bond donors (Lipinski definition) is 0. The maximum atomic E-state index is 13.6. The number of fused-ring (bicyclic) bond motifs is 1. The normalized spacial score (nSPS) is 14.2. The standard InChI is InChI=1S/C23H25N5O6S/c1-15-4-5-20-21(16(15)2)24-23(35-20)26(7-3-6-25-8-10-34-11-9-25)22(29)17-12-18(27(30)31)14-19(13-17)28(32)33/h4-5,12-14H,3,6-11H2,1-2H3. The minimum absolute atomic E-state index is 0.121. The largest absolute Gasteiger partial charge is 0.379 e. The summed E-state index contributed by atoms with van der Waals surface area (Å²) in [5.41, 5.74) is 1.74. The highest BCUT2D eigenvalue weighted by molar-refractivity contribution is 7.22. The minimum Gasteiger partial charge on any atom is -0.379 e. The molecule has 0 spiro atoms. The molecular weight excluding hydrogens is 474 g/mol. The molecule has 12 heteroatoms. The predicted molar refractivity (Wildman–Crippen MR) is 132 cm³/mol. The first-order valence-electron chi connectivity index (χ1n) is 11.2. The molecule has 0 bridgehead atoms. The summed E-state index contributed by atoms with van der Waals surface area (Å²) < 4.78 is 6.30. The number of ether oxygens (including phenoxy) is 1. The van der Waals surface area contributed by atoms with Crippen molar-refractivity contribution in [1.82, 2.24) is 9.88 Å². The zero-order valence-electron chi connectivity index (χ0n) is 19.4. The van der Waals surface area contributed by atoms with Crippen LogP contribution in [0.5, 0.6) is 0 Å². The Labute approximate surface area is 205 Å². The Morgan fingerprint density at radius 2 is 1.77 bits per heavy atom. The highest BCUT2D eigenvalue weighted by atomic mass is 32.1. The number of morpholine rings is 1. The molecule has 35 heavy (non-hydrogen) atoms. The molecule has 0 unspecified atom stereocenters. The number of nitrogens with zero attached hydrogens (tertiary/aromatic N) is 5. The first kappa shape index (κ1) is 24.6. The Morgan fingerprint density at radius 1 is 1.11 bits per heavy atom. The van der Waals surface area contributed by atoms with E-state index in [1.807, 2.05) is 26.0 Å². The molecule has 0 aliphatic carbocycles. The average Bonchev–Trinajstić information content (AvgIpc) is 3.29. The molecule has 1 aliphatic rings. The number of non-ortho nitro benzene ring substituents is 2. The summed E-state index contributed by atoms with van der Waals surface area (Å²) in [4.78, 5) is 43.3. The zero-order chi connectivity index (χ0) is 25.1. The average molecular weight is 500 g/mol. The lowest BCUT2D eigenvalue weighted by Crippen LogP contribution is -2.39.